The summed E-state index contributed by atoms with van der Waals surface area (Å²) in [6, 6.07) is 0. The van der Waals surface area contributed by atoms with E-state index in [1.54, 1.807) is 6.92 Å². The van der Waals surface area contributed by atoms with E-state index in [0.717, 1.165) is 44.0 Å². The van der Waals surface area contributed by atoms with Crippen LogP contribution in [0, 0.1) is 13.8 Å². The van der Waals surface area contributed by atoms with Crippen LogP contribution in [0.2, 0.25) is 0 Å². The van der Waals surface area contributed by atoms with E-state index in [4.69, 9.17) is 0 Å². The van der Waals surface area contributed by atoms with Gasteiger partial charge in [-0.1, -0.05) is 0 Å². The molecule has 0 spiro atoms. The molecule has 0 saturated carbocycles. The first-order chi connectivity index (χ1) is 10.4. The normalized spacial score (nSPS) is 17.8. The summed E-state index contributed by atoms with van der Waals surface area (Å²) < 4.78 is 1.88. The number of amides is 1. The monoisotopic (exact) mass is 308 g/mol. The Balaban J connectivity index is 1.81. The van der Waals surface area contributed by atoms with E-state index < -0.39 is 0 Å². The van der Waals surface area contributed by atoms with Crippen LogP contribution in [0.15, 0.2) is 0 Å². The summed E-state index contributed by atoms with van der Waals surface area (Å²) >= 11 is 0. The first-order valence-corrected chi connectivity index (χ1v) is 8.05. The van der Waals surface area contributed by atoms with Crippen molar-refractivity contribution in [2.24, 2.45) is 7.05 Å². The summed E-state index contributed by atoms with van der Waals surface area (Å²) in [5, 5.41) is 13.8. The van der Waals surface area contributed by atoms with Crippen LogP contribution >= 0.6 is 0 Å². The zero-order valence-electron chi connectivity index (χ0n) is 14.2. The number of carbonyl (C=O) groups excluding carboxylic acids is 1. The van der Waals surface area contributed by atoms with Crippen molar-refractivity contribution in [3.05, 3.63) is 17.0 Å². The standard InChI is InChI=1S/C16H28N4O2/c1-12(21)11-19-7-9-20(10-8-19)16(22)6-5-15-13(2)17-18(4)14(15)3/h12,21H,5-11H2,1-4H3. The molecule has 1 atom stereocenters. The molecular weight excluding hydrogens is 280 g/mol. The van der Waals surface area contributed by atoms with E-state index in [-0.39, 0.29) is 12.0 Å². The summed E-state index contributed by atoms with van der Waals surface area (Å²) in [6.45, 7) is 9.76. The molecule has 0 bridgehead atoms. The van der Waals surface area contributed by atoms with Gasteiger partial charge in [0, 0.05) is 51.9 Å². The van der Waals surface area contributed by atoms with Crippen LogP contribution in [0.3, 0.4) is 0 Å². The third-order valence-corrected chi connectivity index (χ3v) is 4.50. The van der Waals surface area contributed by atoms with Gasteiger partial charge in [-0.05, 0) is 32.8 Å². The number of hydrogen-bond donors (Lipinski definition) is 1. The van der Waals surface area contributed by atoms with Gasteiger partial charge in [-0.2, -0.15) is 5.10 Å². The lowest BCUT2D eigenvalue weighted by molar-refractivity contribution is -0.133. The minimum absolute atomic E-state index is 0.222. The Bertz CT molecular complexity index is 516. The molecule has 1 aromatic heterocycles. The lowest BCUT2D eigenvalue weighted by Gasteiger charge is -2.35. The smallest absolute Gasteiger partial charge is 0.222 e. The lowest BCUT2D eigenvalue weighted by Crippen LogP contribution is -2.50. The first kappa shape index (κ1) is 17.0. The second-order valence-electron chi connectivity index (χ2n) is 6.30. The number of aromatic nitrogens is 2. The summed E-state index contributed by atoms with van der Waals surface area (Å²) in [7, 11) is 1.94. The molecule has 22 heavy (non-hydrogen) atoms. The molecule has 6 heteroatoms. The zero-order chi connectivity index (χ0) is 16.3. The van der Waals surface area contributed by atoms with Crippen molar-refractivity contribution in [1.29, 1.82) is 0 Å². The van der Waals surface area contributed by atoms with E-state index in [2.05, 4.69) is 16.9 Å². The number of nitrogens with zero attached hydrogens (tertiary/aromatic N) is 4. The highest BCUT2D eigenvalue weighted by atomic mass is 16.3. The Morgan fingerprint density at radius 1 is 1.27 bits per heavy atom. The van der Waals surface area contributed by atoms with Crippen molar-refractivity contribution >= 4 is 5.91 Å². The van der Waals surface area contributed by atoms with Crippen molar-refractivity contribution in [3.8, 4) is 0 Å². The van der Waals surface area contributed by atoms with Crippen molar-refractivity contribution in [3.63, 3.8) is 0 Å². The molecule has 1 aromatic rings. The highest BCUT2D eigenvalue weighted by molar-refractivity contribution is 5.76. The van der Waals surface area contributed by atoms with Gasteiger partial charge >= 0.3 is 0 Å². The average Bonchev–Trinajstić information content (AvgIpc) is 2.70. The third-order valence-electron chi connectivity index (χ3n) is 4.50. The molecule has 0 aromatic carbocycles. The predicted octanol–water partition coefficient (Wildman–Crippen LogP) is 0.495. The van der Waals surface area contributed by atoms with Crippen molar-refractivity contribution in [2.75, 3.05) is 32.7 Å². The van der Waals surface area contributed by atoms with Crippen LogP contribution in [0.25, 0.3) is 0 Å². The van der Waals surface area contributed by atoms with Crippen molar-refractivity contribution < 1.29 is 9.90 Å². The number of aryl methyl sites for hydroxylation is 2. The van der Waals surface area contributed by atoms with E-state index in [1.807, 2.05) is 23.6 Å². The number of aliphatic hydroxyl groups is 1. The fourth-order valence-electron chi connectivity index (χ4n) is 3.12. The average molecular weight is 308 g/mol. The van der Waals surface area contributed by atoms with Crippen molar-refractivity contribution in [2.45, 2.75) is 39.7 Å². The second-order valence-corrected chi connectivity index (χ2v) is 6.30. The number of aliphatic hydroxyl groups excluding tert-OH is 1. The van der Waals surface area contributed by atoms with Gasteiger partial charge in [-0.15, -0.1) is 0 Å². The SMILES string of the molecule is Cc1nn(C)c(C)c1CCC(=O)N1CCN(CC(C)O)CC1. The predicted molar refractivity (Wildman–Crippen MR) is 85.7 cm³/mol. The number of rotatable bonds is 5. The maximum atomic E-state index is 12.4. The van der Waals surface area contributed by atoms with Gasteiger partial charge in [-0.3, -0.25) is 14.4 Å². The van der Waals surface area contributed by atoms with Crippen molar-refractivity contribution in [1.82, 2.24) is 19.6 Å². The first-order valence-electron chi connectivity index (χ1n) is 8.05. The van der Waals surface area contributed by atoms with Gasteiger partial charge in [-0.25, -0.2) is 0 Å². The third kappa shape index (κ3) is 4.08. The maximum Gasteiger partial charge on any atom is 0.222 e. The van der Waals surface area contributed by atoms with Gasteiger partial charge < -0.3 is 10.0 Å². The molecule has 1 N–H and O–H groups in total. The number of β-amino-alcohol motifs (C(OH)–C–C–N with tert-alkyl or cyclic N) is 1. The molecule has 1 amide bonds. The minimum Gasteiger partial charge on any atom is -0.392 e. The van der Waals surface area contributed by atoms with Crippen LogP contribution in [-0.4, -0.2) is 69.4 Å². The molecule has 1 saturated heterocycles. The molecular formula is C16H28N4O2. The van der Waals surface area contributed by atoms with Crippen LogP contribution in [0.1, 0.15) is 30.3 Å². The Kier molecular flexibility index (Phi) is 5.58. The Morgan fingerprint density at radius 2 is 1.91 bits per heavy atom. The highest BCUT2D eigenvalue weighted by Gasteiger charge is 2.22. The van der Waals surface area contributed by atoms with E-state index >= 15 is 0 Å². The number of piperazine rings is 1. The Labute approximate surface area is 132 Å². The van der Waals surface area contributed by atoms with Crippen LogP contribution in [0.5, 0.6) is 0 Å². The summed E-state index contributed by atoms with van der Waals surface area (Å²) in [4.78, 5) is 16.5. The largest absolute Gasteiger partial charge is 0.392 e. The van der Waals surface area contributed by atoms with Gasteiger partial charge in [0.05, 0.1) is 11.8 Å². The van der Waals surface area contributed by atoms with Crippen LogP contribution in [-0.2, 0) is 18.3 Å². The summed E-state index contributed by atoms with van der Waals surface area (Å²) in [5.74, 6) is 0.222. The van der Waals surface area contributed by atoms with Crippen LogP contribution in [0.4, 0.5) is 0 Å². The molecule has 1 fully saturated rings. The molecule has 1 aliphatic heterocycles. The summed E-state index contributed by atoms with van der Waals surface area (Å²) in [5.41, 5.74) is 3.37. The highest BCUT2D eigenvalue weighted by Crippen LogP contribution is 2.15. The zero-order valence-corrected chi connectivity index (χ0v) is 14.2. The quantitative estimate of drug-likeness (QED) is 0.860. The number of carbonyl (C=O) groups is 1. The van der Waals surface area contributed by atoms with Gasteiger partial charge in [0.15, 0.2) is 0 Å². The minimum atomic E-state index is -0.307. The number of hydrogen-bond acceptors (Lipinski definition) is 4. The maximum absolute atomic E-state index is 12.4. The molecule has 0 aliphatic carbocycles. The fourth-order valence-corrected chi connectivity index (χ4v) is 3.12. The lowest BCUT2D eigenvalue weighted by atomic mass is 10.1. The van der Waals surface area contributed by atoms with Gasteiger partial charge in [0.1, 0.15) is 0 Å². The van der Waals surface area contributed by atoms with Gasteiger partial charge in [0.25, 0.3) is 0 Å². The second kappa shape index (κ2) is 7.24. The molecule has 1 unspecified atom stereocenters. The topological polar surface area (TPSA) is 61.6 Å². The molecule has 6 nitrogen and oxygen atoms in total. The van der Waals surface area contributed by atoms with E-state index in [0.29, 0.717) is 13.0 Å². The molecule has 1 aliphatic rings. The van der Waals surface area contributed by atoms with E-state index in [9.17, 15) is 9.90 Å². The summed E-state index contributed by atoms with van der Waals surface area (Å²) in [6.07, 6.45) is 1.00. The Hall–Kier alpha value is -1.40. The Morgan fingerprint density at radius 3 is 2.41 bits per heavy atom. The van der Waals surface area contributed by atoms with Gasteiger partial charge in [0.2, 0.25) is 5.91 Å². The van der Waals surface area contributed by atoms with E-state index in [1.165, 1.54) is 5.56 Å². The molecule has 2 rings (SSSR count). The molecule has 124 valence electrons. The fraction of sp³-hybridized carbons (Fsp3) is 0.750. The molecule has 0 radical (unpaired) electrons. The van der Waals surface area contributed by atoms with Crippen LogP contribution < -0.4 is 0 Å². The molecule has 2 heterocycles.